The monoisotopic (exact) mass is 385 g/mol. The Balaban J connectivity index is 1.87. The van der Waals surface area contributed by atoms with Gasteiger partial charge < -0.3 is 4.98 Å². The summed E-state index contributed by atoms with van der Waals surface area (Å²) in [5, 5.41) is 0. The Hall–Kier alpha value is -2.88. The van der Waals surface area contributed by atoms with Crippen molar-refractivity contribution < 1.29 is 26.0 Å². The minimum Gasteiger partial charge on any atom is -0.360 e. The van der Waals surface area contributed by atoms with Gasteiger partial charge in [0.05, 0.1) is 5.56 Å². The predicted octanol–water partition coefficient (Wildman–Crippen LogP) is 4.04. The molecular formula is C16H11F4N3O2S. The molecular weight excluding hydrogens is 374 g/mol. The average Bonchev–Trinajstić information content (AvgIpc) is 3.07. The average molecular weight is 385 g/mol. The van der Waals surface area contributed by atoms with Gasteiger partial charge in [0.15, 0.2) is 11.6 Å². The second kappa shape index (κ2) is 6.45. The zero-order valence-electron chi connectivity index (χ0n) is 12.9. The lowest BCUT2D eigenvalue weighted by Crippen LogP contribution is -2.15. The van der Waals surface area contributed by atoms with Crippen LogP contribution in [-0.2, 0) is 16.2 Å². The lowest BCUT2D eigenvalue weighted by atomic mass is 10.2. The molecule has 5 nitrogen and oxygen atoms in total. The highest BCUT2D eigenvalue weighted by molar-refractivity contribution is 7.92. The van der Waals surface area contributed by atoms with E-state index < -0.39 is 33.4 Å². The number of pyridine rings is 1. The quantitative estimate of drug-likeness (QED) is 0.666. The molecule has 0 radical (unpaired) electrons. The highest BCUT2D eigenvalue weighted by Crippen LogP contribution is 2.30. The Bertz CT molecular complexity index is 1030. The zero-order valence-corrected chi connectivity index (χ0v) is 13.7. The number of nitrogens with one attached hydrogen (secondary N) is 2. The smallest absolute Gasteiger partial charge is 0.360 e. The van der Waals surface area contributed by atoms with Crippen LogP contribution in [0.1, 0.15) is 5.56 Å². The normalized spacial score (nSPS) is 12.2. The fraction of sp³-hybridized carbons (Fsp3) is 0.0625. The molecule has 0 spiro atoms. The van der Waals surface area contributed by atoms with Crippen LogP contribution in [0.25, 0.3) is 11.3 Å². The number of anilines is 1. The first-order chi connectivity index (χ1) is 12.2. The molecule has 2 N–H and O–H groups in total. The minimum atomic E-state index is -4.78. The van der Waals surface area contributed by atoms with Crippen molar-refractivity contribution in [1.29, 1.82) is 0 Å². The lowest BCUT2D eigenvalue weighted by Gasteiger charge is -2.09. The third-order valence-electron chi connectivity index (χ3n) is 3.45. The van der Waals surface area contributed by atoms with Crippen LogP contribution in [0, 0.1) is 5.82 Å². The number of hydrogen-bond donors (Lipinski definition) is 2. The number of rotatable bonds is 4. The molecule has 0 saturated heterocycles. The molecule has 0 fully saturated rings. The molecule has 0 amide bonds. The molecule has 1 aromatic carbocycles. The van der Waals surface area contributed by atoms with E-state index in [2.05, 4.69) is 9.97 Å². The first-order valence-corrected chi connectivity index (χ1v) is 8.64. The van der Waals surface area contributed by atoms with Crippen molar-refractivity contribution in [2.24, 2.45) is 0 Å². The summed E-state index contributed by atoms with van der Waals surface area (Å²) < 4.78 is 77.8. The van der Waals surface area contributed by atoms with E-state index in [1.165, 1.54) is 12.3 Å². The van der Waals surface area contributed by atoms with Crippen molar-refractivity contribution in [3.05, 3.63) is 66.2 Å². The van der Waals surface area contributed by atoms with Crippen LogP contribution in [0.15, 0.2) is 59.8 Å². The Kier molecular flexibility index (Phi) is 4.45. The van der Waals surface area contributed by atoms with Gasteiger partial charge in [0, 0.05) is 18.1 Å². The summed E-state index contributed by atoms with van der Waals surface area (Å²) in [5.74, 6) is -2.25. The molecule has 10 heteroatoms. The van der Waals surface area contributed by atoms with Crippen LogP contribution in [0.4, 0.5) is 23.4 Å². The van der Waals surface area contributed by atoms with Gasteiger partial charge in [-0.2, -0.15) is 13.2 Å². The van der Waals surface area contributed by atoms with Crippen LogP contribution in [0.2, 0.25) is 0 Å². The van der Waals surface area contributed by atoms with Gasteiger partial charge in [-0.25, -0.2) is 17.8 Å². The molecule has 0 saturated carbocycles. The maximum Gasteiger partial charge on any atom is 0.417 e. The SMILES string of the molecule is O=S(=O)(Nc1ncc(C(F)(F)F)cc1F)c1c[nH]c(-c2ccccc2)c1. The van der Waals surface area contributed by atoms with E-state index in [1.807, 2.05) is 4.72 Å². The van der Waals surface area contributed by atoms with E-state index in [1.54, 1.807) is 30.3 Å². The number of sulfonamides is 1. The summed E-state index contributed by atoms with van der Waals surface area (Å²) in [5.41, 5.74) is -0.0782. The standard InChI is InChI=1S/C16H11F4N3O2S/c17-13-6-11(16(18,19)20)8-22-15(13)23-26(24,25)12-7-14(21-9-12)10-4-2-1-3-5-10/h1-9,21H,(H,22,23). The maximum absolute atomic E-state index is 13.8. The van der Waals surface area contributed by atoms with Gasteiger partial charge in [-0.1, -0.05) is 30.3 Å². The Morgan fingerprint density at radius 1 is 1.08 bits per heavy atom. The number of aromatic amines is 1. The number of benzene rings is 1. The number of nitrogens with zero attached hydrogens (tertiary/aromatic N) is 1. The fourth-order valence-corrected chi connectivity index (χ4v) is 3.18. The molecule has 0 atom stereocenters. The third-order valence-corrected chi connectivity index (χ3v) is 4.77. The molecule has 2 aromatic heterocycles. The Labute approximate surface area is 145 Å². The molecule has 26 heavy (non-hydrogen) atoms. The largest absolute Gasteiger partial charge is 0.417 e. The number of alkyl halides is 3. The maximum atomic E-state index is 13.8. The van der Waals surface area contributed by atoms with Crippen LogP contribution in [0.5, 0.6) is 0 Å². The molecule has 0 bridgehead atoms. The van der Waals surface area contributed by atoms with E-state index >= 15 is 0 Å². The molecule has 0 aliphatic heterocycles. The predicted molar refractivity (Wildman–Crippen MR) is 86.2 cm³/mol. The van der Waals surface area contributed by atoms with E-state index in [4.69, 9.17) is 0 Å². The fourth-order valence-electron chi connectivity index (χ4n) is 2.17. The van der Waals surface area contributed by atoms with Crippen LogP contribution < -0.4 is 4.72 Å². The highest BCUT2D eigenvalue weighted by atomic mass is 32.2. The minimum absolute atomic E-state index is 0.178. The van der Waals surface area contributed by atoms with Crippen molar-refractivity contribution in [2.45, 2.75) is 11.1 Å². The summed E-state index contributed by atoms with van der Waals surface area (Å²) >= 11 is 0. The van der Waals surface area contributed by atoms with E-state index in [9.17, 15) is 26.0 Å². The van der Waals surface area contributed by atoms with Crippen LogP contribution in [0.3, 0.4) is 0 Å². The summed E-state index contributed by atoms with van der Waals surface area (Å²) in [6.07, 6.45) is -3.24. The van der Waals surface area contributed by atoms with Crippen molar-refractivity contribution in [3.63, 3.8) is 0 Å². The second-order valence-corrected chi connectivity index (χ2v) is 6.96. The van der Waals surface area contributed by atoms with E-state index in [-0.39, 0.29) is 11.0 Å². The summed E-state index contributed by atoms with van der Waals surface area (Å²) in [6, 6.07) is 10.3. The molecule has 3 aromatic rings. The number of halogens is 4. The first kappa shape index (κ1) is 17.9. The zero-order chi connectivity index (χ0) is 18.9. The number of H-pyrrole nitrogens is 1. The highest BCUT2D eigenvalue weighted by Gasteiger charge is 2.32. The van der Waals surface area contributed by atoms with Gasteiger partial charge >= 0.3 is 6.18 Å². The molecule has 0 aliphatic carbocycles. The summed E-state index contributed by atoms with van der Waals surface area (Å²) in [4.78, 5) is 5.79. The van der Waals surface area contributed by atoms with Crippen molar-refractivity contribution in [2.75, 3.05) is 4.72 Å². The molecule has 0 unspecified atom stereocenters. The van der Waals surface area contributed by atoms with Crippen molar-refractivity contribution >= 4 is 15.8 Å². The molecule has 0 aliphatic rings. The van der Waals surface area contributed by atoms with Gasteiger partial charge in [0.2, 0.25) is 0 Å². The first-order valence-electron chi connectivity index (χ1n) is 7.16. The summed E-state index contributed by atoms with van der Waals surface area (Å²) in [7, 11) is -4.24. The van der Waals surface area contributed by atoms with Crippen LogP contribution >= 0.6 is 0 Å². The summed E-state index contributed by atoms with van der Waals surface area (Å²) in [6.45, 7) is 0. The van der Waals surface area contributed by atoms with E-state index in [0.717, 1.165) is 5.56 Å². The van der Waals surface area contributed by atoms with Crippen molar-refractivity contribution in [1.82, 2.24) is 9.97 Å². The number of aromatic nitrogens is 2. The molecule has 136 valence electrons. The topological polar surface area (TPSA) is 74.8 Å². The Morgan fingerprint density at radius 2 is 1.77 bits per heavy atom. The number of hydrogen-bond acceptors (Lipinski definition) is 3. The van der Waals surface area contributed by atoms with E-state index in [0.29, 0.717) is 11.9 Å². The van der Waals surface area contributed by atoms with Gasteiger partial charge in [-0.3, -0.25) is 4.72 Å². The van der Waals surface area contributed by atoms with Gasteiger partial charge in [-0.15, -0.1) is 0 Å². The third kappa shape index (κ3) is 3.69. The second-order valence-electron chi connectivity index (χ2n) is 5.27. The molecule has 3 rings (SSSR count). The molecule has 2 heterocycles. The Morgan fingerprint density at radius 3 is 2.38 bits per heavy atom. The van der Waals surface area contributed by atoms with Crippen molar-refractivity contribution in [3.8, 4) is 11.3 Å². The van der Waals surface area contributed by atoms with Crippen LogP contribution in [-0.4, -0.2) is 18.4 Å². The lowest BCUT2D eigenvalue weighted by molar-refractivity contribution is -0.138. The van der Waals surface area contributed by atoms with Gasteiger partial charge in [-0.05, 0) is 17.7 Å². The van der Waals surface area contributed by atoms with Gasteiger partial charge in [0.25, 0.3) is 10.0 Å². The van der Waals surface area contributed by atoms with Gasteiger partial charge in [0.1, 0.15) is 4.90 Å².